The number of para-hydroxylation sites is 1. The number of allylic oxidation sites excluding steroid dienone is 1. The molecule has 0 aromatic heterocycles. The van der Waals surface area contributed by atoms with Gasteiger partial charge in [-0.1, -0.05) is 61.9 Å². The number of benzene rings is 2. The van der Waals surface area contributed by atoms with Crippen molar-refractivity contribution in [1.29, 1.82) is 0 Å². The zero-order chi connectivity index (χ0) is 21.5. The van der Waals surface area contributed by atoms with Gasteiger partial charge in [-0.3, -0.25) is 9.59 Å². The van der Waals surface area contributed by atoms with Crippen LogP contribution in [0.15, 0.2) is 76.4 Å². The van der Waals surface area contributed by atoms with E-state index in [0.717, 1.165) is 11.1 Å². The number of anilines is 1. The normalized spacial score (nSPS) is 19.9. The molecule has 30 heavy (non-hydrogen) atoms. The van der Waals surface area contributed by atoms with Crippen LogP contribution in [-0.4, -0.2) is 28.7 Å². The summed E-state index contributed by atoms with van der Waals surface area (Å²) in [4.78, 5) is 27.3. The van der Waals surface area contributed by atoms with E-state index in [1.165, 1.54) is 16.1 Å². The minimum Gasteiger partial charge on any atom is -0.269 e. The van der Waals surface area contributed by atoms with Crippen LogP contribution < -0.4 is 5.01 Å². The fraction of sp³-hybridized carbons (Fsp3) is 0.250. The van der Waals surface area contributed by atoms with Gasteiger partial charge in [0.05, 0.1) is 17.6 Å². The van der Waals surface area contributed by atoms with E-state index in [1.54, 1.807) is 6.21 Å². The van der Waals surface area contributed by atoms with E-state index < -0.39 is 5.54 Å². The first-order valence-corrected chi connectivity index (χ1v) is 9.98. The topological polar surface area (TPSA) is 65.3 Å². The smallest absolute Gasteiger partial charge is 0.269 e. The summed E-state index contributed by atoms with van der Waals surface area (Å²) in [5, 5.41) is 11.9. The summed E-state index contributed by atoms with van der Waals surface area (Å²) >= 11 is 0. The van der Waals surface area contributed by atoms with Gasteiger partial charge in [-0.2, -0.15) is 15.2 Å². The van der Waals surface area contributed by atoms with E-state index >= 15 is 0 Å². The van der Waals surface area contributed by atoms with Gasteiger partial charge in [0.15, 0.2) is 0 Å². The molecule has 0 fully saturated rings. The van der Waals surface area contributed by atoms with Crippen molar-refractivity contribution < 1.29 is 9.59 Å². The number of hydrogen-bond donors (Lipinski definition) is 0. The molecule has 4 rings (SSSR count). The van der Waals surface area contributed by atoms with Crippen LogP contribution in [0.5, 0.6) is 0 Å². The van der Waals surface area contributed by atoms with E-state index in [4.69, 9.17) is 5.10 Å². The summed E-state index contributed by atoms with van der Waals surface area (Å²) in [5.74, 6) is -0.749. The summed E-state index contributed by atoms with van der Waals surface area (Å²) in [6.45, 7) is 7.65. The Morgan fingerprint density at radius 1 is 1.03 bits per heavy atom. The highest BCUT2D eigenvalue weighted by Gasteiger charge is 2.61. The summed E-state index contributed by atoms with van der Waals surface area (Å²) in [6, 6.07) is 16.8. The minimum absolute atomic E-state index is 0.0916. The second-order valence-corrected chi connectivity index (χ2v) is 8.01. The molecule has 2 aromatic rings. The zero-order valence-electron chi connectivity index (χ0n) is 17.5. The highest BCUT2D eigenvalue weighted by atomic mass is 16.2. The van der Waals surface area contributed by atoms with E-state index in [0.29, 0.717) is 17.0 Å². The Balaban J connectivity index is 2.00. The van der Waals surface area contributed by atoms with Gasteiger partial charge in [0.1, 0.15) is 0 Å². The van der Waals surface area contributed by atoms with E-state index in [2.05, 4.69) is 5.10 Å². The molecule has 2 aliphatic heterocycles. The predicted octanol–water partition coefficient (Wildman–Crippen LogP) is 4.08. The van der Waals surface area contributed by atoms with Gasteiger partial charge in [-0.15, -0.1) is 0 Å². The summed E-state index contributed by atoms with van der Waals surface area (Å²) < 4.78 is 0. The Labute approximate surface area is 176 Å². The van der Waals surface area contributed by atoms with Gasteiger partial charge in [-0.05, 0) is 31.9 Å². The summed E-state index contributed by atoms with van der Waals surface area (Å²) in [5.41, 5.74) is 2.17. The molecule has 2 heterocycles. The van der Waals surface area contributed by atoms with Crippen molar-refractivity contribution in [1.82, 2.24) is 5.01 Å². The number of fused-ring (bicyclic) bond motifs is 2. The van der Waals surface area contributed by atoms with Gasteiger partial charge in [0.25, 0.3) is 11.8 Å². The molecule has 1 unspecified atom stereocenters. The quantitative estimate of drug-likeness (QED) is 0.729. The van der Waals surface area contributed by atoms with Crippen molar-refractivity contribution >= 4 is 29.4 Å². The van der Waals surface area contributed by atoms with E-state index in [9.17, 15) is 9.59 Å². The Morgan fingerprint density at radius 3 is 2.37 bits per heavy atom. The van der Waals surface area contributed by atoms with Crippen LogP contribution >= 0.6 is 0 Å². The molecule has 0 saturated carbocycles. The van der Waals surface area contributed by atoms with Gasteiger partial charge in [0, 0.05) is 17.2 Å². The number of hydrazone groups is 2. The number of hydrogen-bond acceptors (Lipinski definition) is 4. The first-order valence-electron chi connectivity index (χ1n) is 9.98. The fourth-order valence-corrected chi connectivity index (χ4v) is 4.01. The molecule has 0 saturated heterocycles. The van der Waals surface area contributed by atoms with Gasteiger partial charge in [0.2, 0.25) is 5.54 Å². The second kappa shape index (κ2) is 7.37. The first-order chi connectivity index (χ1) is 14.4. The number of carbonyl (C=O) groups is 2. The standard InChI is InChI=1S/C24H24N4O2/c1-16(2)14-21(29)28-24(20-13-9-8-10-18(20)15-25-28)22(17(3)4)26-27(23(24)30)19-11-6-5-7-12-19/h5-15,17H,1-4H3. The average molecular weight is 400 g/mol. The zero-order valence-corrected chi connectivity index (χ0v) is 17.5. The molecule has 1 spiro atoms. The van der Waals surface area contributed by atoms with Gasteiger partial charge >= 0.3 is 0 Å². The summed E-state index contributed by atoms with van der Waals surface area (Å²) in [6.07, 6.45) is 3.14. The number of carbonyl (C=O) groups excluding carboxylic acids is 2. The maximum Gasteiger partial charge on any atom is 0.286 e. The Bertz CT molecular complexity index is 1100. The molecule has 152 valence electrons. The third-order valence-corrected chi connectivity index (χ3v) is 5.23. The molecule has 2 aromatic carbocycles. The van der Waals surface area contributed by atoms with Crippen LogP contribution in [0, 0.1) is 5.92 Å². The lowest BCUT2D eigenvalue weighted by molar-refractivity contribution is -0.139. The number of nitrogens with zero attached hydrogens (tertiary/aromatic N) is 4. The molecule has 1 atom stereocenters. The van der Waals surface area contributed by atoms with Crippen molar-refractivity contribution in [3.05, 3.63) is 77.4 Å². The average Bonchev–Trinajstić information content (AvgIpc) is 3.02. The number of amides is 2. The fourth-order valence-electron chi connectivity index (χ4n) is 4.01. The van der Waals surface area contributed by atoms with Crippen LogP contribution in [0.25, 0.3) is 0 Å². The lowest BCUT2D eigenvalue weighted by Gasteiger charge is -2.40. The molecule has 2 amide bonds. The van der Waals surface area contributed by atoms with Gasteiger partial charge < -0.3 is 0 Å². The van der Waals surface area contributed by atoms with Crippen LogP contribution in [0.4, 0.5) is 5.69 Å². The minimum atomic E-state index is -1.42. The summed E-state index contributed by atoms with van der Waals surface area (Å²) in [7, 11) is 0. The lowest BCUT2D eigenvalue weighted by atomic mass is 9.76. The largest absolute Gasteiger partial charge is 0.286 e. The highest BCUT2D eigenvalue weighted by Crippen LogP contribution is 2.44. The SMILES string of the molecule is CC(C)=CC(=O)N1N=Cc2ccccc2C12C(=O)N(c1ccccc1)N=C2C(C)C. The third-order valence-electron chi connectivity index (χ3n) is 5.23. The molecule has 6 nitrogen and oxygen atoms in total. The highest BCUT2D eigenvalue weighted by molar-refractivity contribution is 6.26. The van der Waals surface area contributed by atoms with Crippen molar-refractivity contribution in [2.75, 3.05) is 5.01 Å². The predicted molar refractivity (Wildman–Crippen MR) is 118 cm³/mol. The second-order valence-electron chi connectivity index (χ2n) is 8.01. The van der Waals surface area contributed by atoms with Crippen molar-refractivity contribution in [3.8, 4) is 0 Å². The van der Waals surface area contributed by atoms with E-state index in [1.807, 2.05) is 82.3 Å². The third kappa shape index (κ3) is 2.87. The maximum atomic E-state index is 14.1. The van der Waals surface area contributed by atoms with Gasteiger partial charge in [-0.25, -0.2) is 5.01 Å². The molecule has 6 heteroatoms. The maximum absolute atomic E-state index is 14.1. The molecule has 0 aliphatic carbocycles. The Hall–Kier alpha value is -3.54. The Morgan fingerprint density at radius 2 is 1.70 bits per heavy atom. The molecule has 0 bridgehead atoms. The first kappa shape index (κ1) is 19.8. The molecule has 0 N–H and O–H groups in total. The van der Waals surface area contributed by atoms with E-state index in [-0.39, 0.29) is 17.7 Å². The van der Waals surface area contributed by atoms with Crippen LogP contribution in [0.3, 0.4) is 0 Å². The lowest BCUT2D eigenvalue weighted by Crippen LogP contribution is -2.59. The van der Waals surface area contributed by atoms with Crippen molar-refractivity contribution in [2.24, 2.45) is 16.1 Å². The number of rotatable bonds is 3. The van der Waals surface area contributed by atoms with Crippen molar-refractivity contribution in [2.45, 2.75) is 33.2 Å². The molecule has 0 radical (unpaired) electrons. The Kier molecular flexibility index (Phi) is 4.86. The monoisotopic (exact) mass is 400 g/mol. The van der Waals surface area contributed by atoms with Crippen LogP contribution in [0.2, 0.25) is 0 Å². The molecule has 2 aliphatic rings. The molecular weight excluding hydrogens is 376 g/mol. The van der Waals surface area contributed by atoms with Crippen LogP contribution in [0.1, 0.15) is 38.8 Å². The van der Waals surface area contributed by atoms with Crippen LogP contribution in [-0.2, 0) is 15.1 Å². The van der Waals surface area contributed by atoms with Crippen molar-refractivity contribution in [3.63, 3.8) is 0 Å². The molecular formula is C24H24N4O2.